The van der Waals surface area contributed by atoms with Crippen LogP contribution >= 0.6 is 15.9 Å². The lowest BCUT2D eigenvalue weighted by molar-refractivity contribution is 0.467. The van der Waals surface area contributed by atoms with Crippen LogP contribution < -0.4 is 5.32 Å². The van der Waals surface area contributed by atoms with Crippen molar-refractivity contribution in [1.29, 1.82) is 0 Å². The number of benzene rings is 2. The average molecular weight is 350 g/mol. The SMILES string of the molecule is CCNCC(Cc1ccc(Br)cc1)Cc1ccccc1F. The van der Waals surface area contributed by atoms with Crippen LogP contribution in [0, 0.1) is 11.7 Å². The van der Waals surface area contributed by atoms with Crippen molar-refractivity contribution in [3.8, 4) is 0 Å². The van der Waals surface area contributed by atoms with E-state index in [9.17, 15) is 4.39 Å². The minimum Gasteiger partial charge on any atom is -0.317 e. The largest absolute Gasteiger partial charge is 0.317 e. The Kier molecular flexibility index (Phi) is 6.40. The van der Waals surface area contributed by atoms with E-state index in [1.807, 2.05) is 12.1 Å². The van der Waals surface area contributed by atoms with Crippen LogP contribution in [0.4, 0.5) is 4.39 Å². The Morgan fingerprint density at radius 3 is 2.43 bits per heavy atom. The Bertz CT molecular complexity index is 553. The summed E-state index contributed by atoms with van der Waals surface area (Å²) in [6.07, 6.45) is 1.71. The molecule has 2 aromatic rings. The van der Waals surface area contributed by atoms with Gasteiger partial charge in [-0.2, -0.15) is 0 Å². The highest BCUT2D eigenvalue weighted by molar-refractivity contribution is 9.10. The van der Waals surface area contributed by atoms with Crippen LogP contribution in [0.15, 0.2) is 53.0 Å². The molecule has 112 valence electrons. The molecule has 0 amide bonds. The second-order valence-corrected chi connectivity index (χ2v) is 6.22. The fourth-order valence-corrected chi connectivity index (χ4v) is 2.76. The molecule has 1 N–H and O–H groups in total. The van der Waals surface area contributed by atoms with E-state index in [1.54, 1.807) is 12.1 Å². The molecule has 1 unspecified atom stereocenters. The molecule has 0 saturated heterocycles. The van der Waals surface area contributed by atoms with E-state index >= 15 is 0 Å². The molecule has 1 atom stereocenters. The van der Waals surface area contributed by atoms with Gasteiger partial charge < -0.3 is 5.32 Å². The monoisotopic (exact) mass is 349 g/mol. The highest BCUT2D eigenvalue weighted by atomic mass is 79.9. The van der Waals surface area contributed by atoms with Gasteiger partial charge in [-0.05, 0) is 61.2 Å². The summed E-state index contributed by atoms with van der Waals surface area (Å²) in [5.41, 5.74) is 2.09. The van der Waals surface area contributed by atoms with Gasteiger partial charge in [0.15, 0.2) is 0 Å². The smallest absolute Gasteiger partial charge is 0.126 e. The van der Waals surface area contributed by atoms with Crippen molar-refractivity contribution in [3.05, 3.63) is 69.9 Å². The molecule has 0 heterocycles. The number of halogens is 2. The molecular formula is C18H21BrFN. The molecule has 0 aliphatic heterocycles. The average Bonchev–Trinajstić information content (AvgIpc) is 2.49. The van der Waals surface area contributed by atoms with E-state index in [2.05, 4.69) is 52.4 Å². The van der Waals surface area contributed by atoms with Gasteiger partial charge in [0.25, 0.3) is 0 Å². The summed E-state index contributed by atoms with van der Waals surface area (Å²) in [5, 5.41) is 3.39. The second kappa shape index (κ2) is 8.30. The van der Waals surface area contributed by atoms with Crippen molar-refractivity contribution in [2.45, 2.75) is 19.8 Å². The molecule has 0 saturated carbocycles. The molecule has 21 heavy (non-hydrogen) atoms. The van der Waals surface area contributed by atoms with E-state index < -0.39 is 0 Å². The van der Waals surface area contributed by atoms with Crippen LogP contribution in [0.25, 0.3) is 0 Å². The first-order valence-electron chi connectivity index (χ1n) is 7.37. The summed E-state index contributed by atoms with van der Waals surface area (Å²) in [5.74, 6) is 0.290. The predicted octanol–water partition coefficient (Wildman–Crippen LogP) is 4.60. The molecule has 0 bridgehead atoms. The van der Waals surface area contributed by atoms with Crippen LogP contribution in [0.2, 0.25) is 0 Å². The first-order chi connectivity index (χ1) is 10.2. The number of nitrogens with one attached hydrogen (secondary N) is 1. The lowest BCUT2D eigenvalue weighted by atomic mass is 9.92. The minimum absolute atomic E-state index is 0.102. The maximum atomic E-state index is 13.8. The van der Waals surface area contributed by atoms with Gasteiger partial charge in [-0.1, -0.05) is 53.2 Å². The van der Waals surface area contributed by atoms with Gasteiger partial charge >= 0.3 is 0 Å². The molecule has 2 rings (SSSR count). The fourth-order valence-electron chi connectivity index (χ4n) is 2.49. The number of hydrogen-bond acceptors (Lipinski definition) is 1. The van der Waals surface area contributed by atoms with E-state index in [-0.39, 0.29) is 5.82 Å². The summed E-state index contributed by atoms with van der Waals surface area (Å²) in [6.45, 7) is 3.94. The van der Waals surface area contributed by atoms with Crippen LogP contribution in [-0.2, 0) is 12.8 Å². The van der Waals surface area contributed by atoms with E-state index in [0.29, 0.717) is 5.92 Å². The van der Waals surface area contributed by atoms with Gasteiger partial charge in [-0.25, -0.2) is 4.39 Å². The normalized spacial score (nSPS) is 12.3. The summed E-state index contributed by atoms with van der Waals surface area (Å²) in [6, 6.07) is 15.4. The maximum absolute atomic E-state index is 13.8. The summed E-state index contributed by atoms with van der Waals surface area (Å²) >= 11 is 3.45. The summed E-state index contributed by atoms with van der Waals surface area (Å²) in [7, 11) is 0. The molecule has 0 radical (unpaired) electrons. The quantitative estimate of drug-likeness (QED) is 0.770. The van der Waals surface area contributed by atoms with Gasteiger partial charge in [0.2, 0.25) is 0 Å². The van der Waals surface area contributed by atoms with Crippen molar-refractivity contribution in [2.75, 3.05) is 13.1 Å². The van der Waals surface area contributed by atoms with Gasteiger partial charge in [-0.3, -0.25) is 0 Å². The van der Waals surface area contributed by atoms with Crippen molar-refractivity contribution in [3.63, 3.8) is 0 Å². The van der Waals surface area contributed by atoms with Gasteiger partial charge in [0.05, 0.1) is 0 Å². The Labute approximate surface area is 134 Å². The third-order valence-corrected chi connectivity index (χ3v) is 4.12. The van der Waals surface area contributed by atoms with Crippen molar-refractivity contribution < 1.29 is 4.39 Å². The Hall–Kier alpha value is -1.19. The first-order valence-corrected chi connectivity index (χ1v) is 8.17. The zero-order chi connectivity index (χ0) is 15.1. The predicted molar refractivity (Wildman–Crippen MR) is 90.0 cm³/mol. The van der Waals surface area contributed by atoms with Gasteiger partial charge in [0, 0.05) is 4.47 Å². The topological polar surface area (TPSA) is 12.0 Å². The molecule has 0 aromatic heterocycles. The maximum Gasteiger partial charge on any atom is 0.126 e. The van der Waals surface area contributed by atoms with E-state index in [4.69, 9.17) is 0 Å². The standard InChI is InChI=1S/C18H21BrFN/c1-2-21-13-15(11-14-7-9-17(19)10-8-14)12-16-5-3-4-6-18(16)20/h3-10,15,21H,2,11-13H2,1H3. The number of rotatable bonds is 7. The molecular weight excluding hydrogens is 329 g/mol. The molecule has 0 aliphatic rings. The fraction of sp³-hybridized carbons (Fsp3) is 0.333. The van der Waals surface area contributed by atoms with E-state index in [0.717, 1.165) is 36.0 Å². The van der Waals surface area contributed by atoms with Gasteiger partial charge in [0.1, 0.15) is 5.82 Å². The first kappa shape index (κ1) is 16.2. The lowest BCUT2D eigenvalue weighted by Gasteiger charge is -2.18. The molecule has 0 spiro atoms. The highest BCUT2D eigenvalue weighted by Crippen LogP contribution is 2.18. The molecule has 0 fully saturated rings. The molecule has 0 aliphatic carbocycles. The van der Waals surface area contributed by atoms with Crippen molar-refractivity contribution in [1.82, 2.24) is 5.32 Å². The van der Waals surface area contributed by atoms with Gasteiger partial charge in [-0.15, -0.1) is 0 Å². The third-order valence-electron chi connectivity index (χ3n) is 3.59. The van der Waals surface area contributed by atoms with Crippen LogP contribution in [0.1, 0.15) is 18.1 Å². The molecule has 1 nitrogen and oxygen atoms in total. The lowest BCUT2D eigenvalue weighted by Crippen LogP contribution is -2.26. The summed E-state index contributed by atoms with van der Waals surface area (Å²) in [4.78, 5) is 0. The zero-order valence-electron chi connectivity index (χ0n) is 12.3. The van der Waals surface area contributed by atoms with Crippen LogP contribution in [0.3, 0.4) is 0 Å². The Balaban J connectivity index is 2.07. The molecule has 2 aromatic carbocycles. The van der Waals surface area contributed by atoms with Crippen LogP contribution in [0.5, 0.6) is 0 Å². The highest BCUT2D eigenvalue weighted by Gasteiger charge is 2.13. The summed E-state index contributed by atoms with van der Waals surface area (Å²) < 4.78 is 14.9. The minimum atomic E-state index is -0.102. The Morgan fingerprint density at radius 2 is 1.76 bits per heavy atom. The zero-order valence-corrected chi connectivity index (χ0v) is 13.9. The van der Waals surface area contributed by atoms with E-state index in [1.165, 1.54) is 5.56 Å². The van der Waals surface area contributed by atoms with Crippen molar-refractivity contribution in [2.24, 2.45) is 5.92 Å². The van der Waals surface area contributed by atoms with Crippen LogP contribution in [-0.4, -0.2) is 13.1 Å². The third kappa shape index (κ3) is 5.25. The number of hydrogen-bond donors (Lipinski definition) is 1. The van der Waals surface area contributed by atoms with Crippen molar-refractivity contribution >= 4 is 15.9 Å². The Morgan fingerprint density at radius 1 is 1.05 bits per heavy atom. The molecule has 3 heteroatoms. The second-order valence-electron chi connectivity index (χ2n) is 5.30.